The molecule has 0 spiro atoms. The van der Waals surface area contributed by atoms with E-state index in [1.54, 1.807) is 11.8 Å². The van der Waals surface area contributed by atoms with Crippen molar-refractivity contribution in [3.05, 3.63) is 90.0 Å². The number of carbonyl (C=O) groups excluding carboxylic acids is 1. The number of hydrogen-bond acceptors (Lipinski definition) is 3. The van der Waals surface area contributed by atoms with Gasteiger partial charge in [0.25, 0.3) is 0 Å². The summed E-state index contributed by atoms with van der Waals surface area (Å²) in [5.74, 6) is 0.0460. The zero-order valence-electron chi connectivity index (χ0n) is 11.9. The summed E-state index contributed by atoms with van der Waals surface area (Å²) in [6.45, 7) is 0. The standard InChI is InChI=1S/C19H15NOS/c20-16-8-12-18(13-9-16)22-17-10-6-15(7-11-17)19(21)14-4-2-1-3-5-14/h1-13H,20H2. The molecule has 3 rings (SSSR count). The van der Waals surface area contributed by atoms with Crippen LogP contribution in [0.3, 0.4) is 0 Å². The zero-order chi connectivity index (χ0) is 15.4. The first-order valence-corrected chi connectivity index (χ1v) is 7.77. The van der Waals surface area contributed by atoms with Crippen LogP contribution >= 0.6 is 11.8 Å². The van der Waals surface area contributed by atoms with Crippen molar-refractivity contribution in [2.75, 3.05) is 5.73 Å². The van der Waals surface area contributed by atoms with E-state index in [1.807, 2.05) is 78.9 Å². The topological polar surface area (TPSA) is 43.1 Å². The van der Waals surface area contributed by atoms with Crippen molar-refractivity contribution in [3.63, 3.8) is 0 Å². The Kier molecular flexibility index (Phi) is 4.26. The molecule has 22 heavy (non-hydrogen) atoms. The molecule has 0 atom stereocenters. The van der Waals surface area contributed by atoms with Gasteiger partial charge in [-0.1, -0.05) is 42.1 Å². The summed E-state index contributed by atoms with van der Waals surface area (Å²) in [4.78, 5) is 14.5. The summed E-state index contributed by atoms with van der Waals surface area (Å²) in [5.41, 5.74) is 7.85. The second kappa shape index (κ2) is 6.50. The Morgan fingerprint density at radius 2 is 1.18 bits per heavy atom. The fourth-order valence-corrected chi connectivity index (χ4v) is 2.92. The van der Waals surface area contributed by atoms with Crippen LogP contribution in [-0.4, -0.2) is 5.78 Å². The lowest BCUT2D eigenvalue weighted by molar-refractivity contribution is 0.103. The normalized spacial score (nSPS) is 10.4. The number of anilines is 1. The Hall–Kier alpha value is -2.52. The van der Waals surface area contributed by atoms with E-state index in [2.05, 4.69) is 0 Å². The van der Waals surface area contributed by atoms with Crippen LogP contribution in [0, 0.1) is 0 Å². The summed E-state index contributed by atoms with van der Waals surface area (Å²) >= 11 is 1.65. The largest absolute Gasteiger partial charge is 0.399 e. The van der Waals surface area contributed by atoms with E-state index < -0.39 is 0 Å². The summed E-state index contributed by atoms with van der Waals surface area (Å²) in [7, 11) is 0. The molecule has 3 aromatic carbocycles. The molecular formula is C19H15NOS. The Morgan fingerprint density at radius 1 is 0.682 bits per heavy atom. The number of benzene rings is 3. The fourth-order valence-electron chi connectivity index (χ4n) is 2.10. The molecule has 0 fully saturated rings. The molecule has 0 aliphatic carbocycles. The van der Waals surface area contributed by atoms with Crippen LogP contribution in [0.1, 0.15) is 15.9 Å². The molecule has 0 saturated carbocycles. The van der Waals surface area contributed by atoms with Gasteiger partial charge in [-0.2, -0.15) is 0 Å². The van der Waals surface area contributed by atoms with E-state index in [4.69, 9.17) is 5.73 Å². The monoisotopic (exact) mass is 305 g/mol. The minimum absolute atomic E-state index is 0.0460. The van der Waals surface area contributed by atoms with Gasteiger partial charge in [0.15, 0.2) is 5.78 Å². The zero-order valence-corrected chi connectivity index (χ0v) is 12.7. The van der Waals surface area contributed by atoms with Crippen LogP contribution in [0.25, 0.3) is 0 Å². The SMILES string of the molecule is Nc1ccc(Sc2ccc(C(=O)c3ccccc3)cc2)cc1. The van der Waals surface area contributed by atoms with E-state index in [-0.39, 0.29) is 5.78 Å². The third-order valence-corrected chi connectivity index (χ3v) is 4.28. The van der Waals surface area contributed by atoms with Crippen molar-refractivity contribution < 1.29 is 4.79 Å². The molecule has 0 aliphatic heterocycles. The van der Waals surface area contributed by atoms with E-state index in [1.165, 1.54) is 0 Å². The van der Waals surface area contributed by atoms with Gasteiger partial charge in [-0.05, 0) is 48.5 Å². The predicted molar refractivity (Wildman–Crippen MR) is 91.3 cm³/mol. The highest BCUT2D eigenvalue weighted by atomic mass is 32.2. The summed E-state index contributed by atoms with van der Waals surface area (Å²) < 4.78 is 0. The molecule has 2 N–H and O–H groups in total. The van der Waals surface area contributed by atoms with Gasteiger partial charge in [0.1, 0.15) is 0 Å². The maximum Gasteiger partial charge on any atom is 0.193 e. The van der Waals surface area contributed by atoms with E-state index >= 15 is 0 Å². The molecule has 108 valence electrons. The molecule has 3 heteroatoms. The quantitative estimate of drug-likeness (QED) is 0.563. The first-order valence-electron chi connectivity index (χ1n) is 6.95. The van der Waals surface area contributed by atoms with Gasteiger partial charge in [0.2, 0.25) is 0 Å². The second-order valence-electron chi connectivity index (χ2n) is 4.89. The van der Waals surface area contributed by atoms with Crippen LogP contribution in [0.4, 0.5) is 5.69 Å². The minimum Gasteiger partial charge on any atom is -0.399 e. The molecule has 0 aliphatic rings. The lowest BCUT2D eigenvalue weighted by Crippen LogP contribution is -2.00. The molecule has 0 bridgehead atoms. The summed E-state index contributed by atoms with van der Waals surface area (Å²) in [6.07, 6.45) is 0. The Morgan fingerprint density at radius 3 is 1.77 bits per heavy atom. The average Bonchev–Trinajstić information content (AvgIpc) is 2.58. The molecule has 3 aromatic rings. The highest BCUT2D eigenvalue weighted by Crippen LogP contribution is 2.28. The number of hydrogen-bond donors (Lipinski definition) is 1. The molecule has 0 unspecified atom stereocenters. The van der Waals surface area contributed by atoms with Crippen molar-refractivity contribution in [1.82, 2.24) is 0 Å². The van der Waals surface area contributed by atoms with Gasteiger partial charge in [-0.15, -0.1) is 0 Å². The molecule has 2 nitrogen and oxygen atoms in total. The van der Waals surface area contributed by atoms with Crippen molar-refractivity contribution in [3.8, 4) is 0 Å². The van der Waals surface area contributed by atoms with Crippen molar-refractivity contribution in [1.29, 1.82) is 0 Å². The molecular weight excluding hydrogens is 290 g/mol. The first kappa shape index (κ1) is 14.4. The predicted octanol–water partition coefficient (Wildman–Crippen LogP) is 4.65. The van der Waals surface area contributed by atoms with Crippen LogP contribution in [0.5, 0.6) is 0 Å². The number of rotatable bonds is 4. The lowest BCUT2D eigenvalue weighted by atomic mass is 10.0. The van der Waals surface area contributed by atoms with E-state index in [9.17, 15) is 4.79 Å². The van der Waals surface area contributed by atoms with Crippen LogP contribution < -0.4 is 5.73 Å². The highest BCUT2D eigenvalue weighted by molar-refractivity contribution is 7.99. The fraction of sp³-hybridized carbons (Fsp3) is 0. The van der Waals surface area contributed by atoms with Gasteiger partial charge < -0.3 is 5.73 Å². The number of nitrogens with two attached hydrogens (primary N) is 1. The second-order valence-corrected chi connectivity index (χ2v) is 6.04. The van der Waals surface area contributed by atoms with Gasteiger partial charge in [-0.3, -0.25) is 4.79 Å². The Bertz CT molecular complexity index is 765. The molecule has 0 radical (unpaired) electrons. The Labute approximate surface area is 134 Å². The van der Waals surface area contributed by atoms with Gasteiger partial charge in [0.05, 0.1) is 0 Å². The van der Waals surface area contributed by atoms with Crippen molar-refractivity contribution in [2.24, 2.45) is 0 Å². The number of nitrogen functional groups attached to an aromatic ring is 1. The van der Waals surface area contributed by atoms with Crippen molar-refractivity contribution >= 4 is 23.2 Å². The summed E-state index contributed by atoms with van der Waals surface area (Å²) in [6, 6.07) is 24.7. The average molecular weight is 305 g/mol. The van der Waals surface area contributed by atoms with Gasteiger partial charge >= 0.3 is 0 Å². The minimum atomic E-state index is 0.0460. The van der Waals surface area contributed by atoms with E-state index in [0.717, 1.165) is 15.5 Å². The third kappa shape index (κ3) is 3.38. The smallest absolute Gasteiger partial charge is 0.193 e. The highest BCUT2D eigenvalue weighted by Gasteiger charge is 2.08. The van der Waals surface area contributed by atoms with Crippen LogP contribution in [0.15, 0.2) is 88.7 Å². The number of carbonyl (C=O) groups is 1. The Balaban J connectivity index is 1.75. The maximum absolute atomic E-state index is 12.3. The number of ketones is 1. The molecule has 0 aromatic heterocycles. The van der Waals surface area contributed by atoms with Crippen LogP contribution in [-0.2, 0) is 0 Å². The van der Waals surface area contributed by atoms with Gasteiger partial charge in [0, 0.05) is 26.6 Å². The van der Waals surface area contributed by atoms with Crippen LogP contribution in [0.2, 0.25) is 0 Å². The third-order valence-electron chi connectivity index (χ3n) is 3.27. The first-order chi connectivity index (χ1) is 10.7. The molecule has 0 amide bonds. The van der Waals surface area contributed by atoms with Crippen molar-refractivity contribution in [2.45, 2.75) is 9.79 Å². The molecule has 0 heterocycles. The van der Waals surface area contributed by atoms with E-state index in [0.29, 0.717) is 11.1 Å². The van der Waals surface area contributed by atoms with Gasteiger partial charge in [-0.25, -0.2) is 0 Å². The summed E-state index contributed by atoms with van der Waals surface area (Å²) in [5, 5.41) is 0. The lowest BCUT2D eigenvalue weighted by Gasteiger charge is -2.04. The molecule has 0 saturated heterocycles. The maximum atomic E-state index is 12.3.